The summed E-state index contributed by atoms with van der Waals surface area (Å²) in [5, 5.41) is 18.9. The van der Waals surface area contributed by atoms with Crippen molar-refractivity contribution >= 4 is 11.8 Å². The number of hydrogen-bond acceptors (Lipinski definition) is 6. The molecule has 2 amide bonds. The third-order valence-electron chi connectivity index (χ3n) is 11.1. The van der Waals surface area contributed by atoms with E-state index >= 15 is 0 Å². The number of hydrogen-bond donors (Lipinski definition) is 3. The van der Waals surface area contributed by atoms with Crippen LogP contribution in [0.15, 0.2) is 48.5 Å². The molecule has 8 nitrogen and oxygen atoms in total. The van der Waals surface area contributed by atoms with Crippen LogP contribution in [0.1, 0.15) is 70.3 Å². The average molecular weight is 619 g/mol. The number of nitrogens with one attached hydrogen (secondary N) is 2. The second kappa shape index (κ2) is 13.5. The molecule has 3 aliphatic carbocycles. The Morgan fingerprint density at radius 3 is 2.38 bits per heavy atom. The van der Waals surface area contributed by atoms with E-state index in [1.165, 1.54) is 6.42 Å². The van der Waals surface area contributed by atoms with E-state index in [-0.39, 0.29) is 29.8 Å². The normalized spacial score (nSPS) is 28.9. The number of rotatable bonds is 11. The number of aliphatic hydroxyl groups is 1. The molecule has 1 saturated heterocycles. The number of amides is 2. The Balaban J connectivity index is 1.29. The number of fused-ring (bicyclic) bond motifs is 2. The molecule has 3 saturated carbocycles. The fraction of sp³-hybridized carbons (Fsp3) is 0.622. The summed E-state index contributed by atoms with van der Waals surface area (Å²) >= 11 is 0. The number of carbonyl (C=O) groups excluding carboxylic acids is 2. The van der Waals surface area contributed by atoms with Crippen molar-refractivity contribution in [2.24, 2.45) is 35.0 Å². The first kappa shape index (κ1) is 33.6. The van der Waals surface area contributed by atoms with E-state index in [0.29, 0.717) is 47.8 Å². The highest BCUT2D eigenvalue weighted by molar-refractivity contribution is 5.95. The minimum atomic E-state index is -0.671. The highest BCUT2D eigenvalue weighted by atomic mass is 16.7. The lowest BCUT2D eigenvalue weighted by Gasteiger charge is -2.62. The maximum atomic E-state index is 13.8. The fourth-order valence-corrected chi connectivity index (χ4v) is 7.99. The SMILES string of the molecule is CC(C)[C@H](CN(C)C)NC(=O)c1cccc(-c2cccc(CN3OC[C@@H]([C@H](C)O)[C@H]3C(=O)N[C@H]3C[C@H]4C[C@@H]([C@@H]3C)C4(C)C)c2)c1. The summed E-state index contributed by atoms with van der Waals surface area (Å²) in [6.45, 7) is 14.5. The van der Waals surface area contributed by atoms with Crippen LogP contribution < -0.4 is 10.6 Å². The van der Waals surface area contributed by atoms with Crippen molar-refractivity contribution in [3.8, 4) is 11.1 Å². The molecule has 2 aromatic rings. The summed E-state index contributed by atoms with van der Waals surface area (Å²) in [7, 11) is 4.03. The van der Waals surface area contributed by atoms with E-state index in [0.717, 1.165) is 29.7 Å². The lowest BCUT2D eigenvalue weighted by atomic mass is 9.45. The molecule has 0 spiro atoms. The molecule has 6 rings (SSSR count). The zero-order valence-electron chi connectivity index (χ0n) is 28.4. The van der Waals surface area contributed by atoms with E-state index in [9.17, 15) is 14.7 Å². The van der Waals surface area contributed by atoms with Gasteiger partial charge in [-0.1, -0.05) is 65.0 Å². The highest BCUT2D eigenvalue weighted by Crippen LogP contribution is 2.61. The van der Waals surface area contributed by atoms with Crippen LogP contribution >= 0.6 is 0 Å². The molecule has 1 heterocycles. The largest absolute Gasteiger partial charge is 0.393 e. The van der Waals surface area contributed by atoms with Gasteiger partial charge in [0.2, 0.25) is 5.91 Å². The van der Waals surface area contributed by atoms with E-state index in [2.05, 4.69) is 56.2 Å². The molecule has 8 heteroatoms. The summed E-state index contributed by atoms with van der Waals surface area (Å²) in [6.07, 6.45) is 1.60. The van der Waals surface area contributed by atoms with Crippen molar-refractivity contribution in [1.29, 1.82) is 0 Å². The summed E-state index contributed by atoms with van der Waals surface area (Å²) in [5.41, 5.74) is 3.90. The summed E-state index contributed by atoms with van der Waals surface area (Å²) in [4.78, 5) is 35.2. The molecule has 4 aliphatic rings. The van der Waals surface area contributed by atoms with E-state index in [1.807, 2.05) is 56.6 Å². The van der Waals surface area contributed by atoms with Gasteiger partial charge in [-0.15, -0.1) is 0 Å². The number of aliphatic hydroxyl groups excluding tert-OH is 1. The first-order valence-electron chi connectivity index (χ1n) is 16.8. The Kier molecular flexibility index (Phi) is 10.1. The summed E-state index contributed by atoms with van der Waals surface area (Å²) in [6, 6.07) is 15.5. The van der Waals surface area contributed by atoms with E-state index in [4.69, 9.17) is 4.84 Å². The van der Waals surface area contributed by atoms with Gasteiger partial charge < -0.3 is 20.6 Å². The molecule has 0 unspecified atom stereocenters. The molecule has 2 bridgehead atoms. The molecule has 8 atom stereocenters. The molecule has 0 radical (unpaired) electrons. The van der Waals surface area contributed by atoms with Crippen LogP contribution in [0, 0.1) is 35.0 Å². The second-order valence-corrected chi connectivity index (χ2v) is 15.2. The highest BCUT2D eigenvalue weighted by Gasteiger charge is 2.57. The third-order valence-corrected chi connectivity index (χ3v) is 11.1. The number of benzene rings is 2. The molecule has 45 heavy (non-hydrogen) atoms. The van der Waals surface area contributed by atoms with Crippen molar-refractivity contribution in [2.75, 3.05) is 27.2 Å². The molecule has 2 aromatic carbocycles. The number of carbonyl (C=O) groups is 2. The number of nitrogens with zero attached hydrogens (tertiary/aromatic N) is 2. The van der Waals surface area contributed by atoms with Crippen LogP contribution in [0.5, 0.6) is 0 Å². The van der Waals surface area contributed by atoms with Crippen LogP contribution in [0.2, 0.25) is 0 Å². The first-order valence-corrected chi connectivity index (χ1v) is 16.8. The summed E-state index contributed by atoms with van der Waals surface area (Å²) < 4.78 is 0. The van der Waals surface area contributed by atoms with Gasteiger partial charge in [0.05, 0.1) is 19.3 Å². The topological polar surface area (TPSA) is 94.1 Å². The maximum Gasteiger partial charge on any atom is 0.251 e. The van der Waals surface area contributed by atoms with Crippen LogP contribution in [0.25, 0.3) is 11.1 Å². The van der Waals surface area contributed by atoms with Crippen molar-refractivity contribution in [1.82, 2.24) is 20.6 Å². The minimum absolute atomic E-state index is 0.0504. The van der Waals surface area contributed by atoms with Gasteiger partial charge in [-0.2, -0.15) is 5.06 Å². The van der Waals surface area contributed by atoms with Gasteiger partial charge in [0.15, 0.2) is 0 Å². The van der Waals surface area contributed by atoms with Crippen molar-refractivity contribution in [2.45, 2.75) is 85.2 Å². The van der Waals surface area contributed by atoms with Gasteiger partial charge in [-0.25, -0.2) is 0 Å². The van der Waals surface area contributed by atoms with Crippen LogP contribution in [-0.4, -0.2) is 78.4 Å². The Morgan fingerprint density at radius 2 is 1.76 bits per heavy atom. The quantitative estimate of drug-likeness (QED) is 0.329. The van der Waals surface area contributed by atoms with Gasteiger partial charge in [-0.05, 0) is 97.8 Å². The number of likely N-dealkylation sites (N-methyl/N-ethyl adjacent to an activating group) is 1. The Bertz CT molecular complexity index is 1360. The molecule has 1 aliphatic heterocycles. The van der Waals surface area contributed by atoms with E-state index < -0.39 is 12.1 Å². The van der Waals surface area contributed by atoms with Gasteiger partial charge >= 0.3 is 0 Å². The lowest BCUT2D eigenvalue weighted by Crippen LogP contribution is -2.62. The number of hydroxylamine groups is 2. The van der Waals surface area contributed by atoms with Gasteiger partial charge in [0.25, 0.3) is 5.91 Å². The van der Waals surface area contributed by atoms with Gasteiger partial charge in [0, 0.05) is 30.1 Å². The van der Waals surface area contributed by atoms with Gasteiger partial charge in [0.1, 0.15) is 6.04 Å². The van der Waals surface area contributed by atoms with Crippen LogP contribution in [-0.2, 0) is 16.2 Å². The Morgan fingerprint density at radius 1 is 1.07 bits per heavy atom. The smallest absolute Gasteiger partial charge is 0.251 e. The fourth-order valence-electron chi connectivity index (χ4n) is 7.99. The second-order valence-electron chi connectivity index (χ2n) is 15.2. The standard InChI is InChI=1S/C37H54N4O4/c1-22(2)33(20-40(7)8)39-35(43)28-14-10-13-27(16-28)26-12-9-11-25(15-26)19-41-34(30(21-45-41)24(4)42)36(44)38-32-18-29-17-31(23(32)3)37(29,5)6/h9-16,22-24,29-34,42H,17-21H2,1-8H3,(H,38,44)(H,39,43)/t23-,24-,29+,30-,31-,32-,33-,34-/m0/s1. The van der Waals surface area contributed by atoms with Crippen molar-refractivity contribution in [3.63, 3.8) is 0 Å². The zero-order chi connectivity index (χ0) is 32.6. The van der Waals surface area contributed by atoms with Crippen LogP contribution in [0.4, 0.5) is 0 Å². The third kappa shape index (κ3) is 7.14. The Hall–Kier alpha value is -2.78. The monoisotopic (exact) mass is 618 g/mol. The zero-order valence-corrected chi connectivity index (χ0v) is 28.4. The minimum Gasteiger partial charge on any atom is -0.393 e. The predicted molar refractivity (Wildman–Crippen MR) is 178 cm³/mol. The lowest BCUT2D eigenvalue weighted by molar-refractivity contribution is -0.161. The molecule has 4 fully saturated rings. The van der Waals surface area contributed by atoms with Gasteiger partial charge in [-0.3, -0.25) is 14.4 Å². The predicted octanol–water partition coefficient (Wildman–Crippen LogP) is 4.97. The molecular weight excluding hydrogens is 564 g/mol. The molecule has 3 N–H and O–H groups in total. The molecule has 0 aromatic heterocycles. The van der Waals surface area contributed by atoms with Crippen molar-refractivity contribution in [3.05, 3.63) is 59.7 Å². The molecular formula is C37H54N4O4. The first-order chi connectivity index (χ1) is 21.3. The summed E-state index contributed by atoms with van der Waals surface area (Å²) in [5.74, 6) is 1.57. The average Bonchev–Trinajstić information content (AvgIpc) is 3.41. The van der Waals surface area contributed by atoms with Crippen molar-refractivity contribution < 1.29 is 19.5 Å². The Labute approximate surface area is 269 Å². The maximum absolute atomic E-state index is 13.8. The molecule has 246 valence electrons. The van der Waals surface area contributed by atoms with Crippen LogP contribution in [0.3, 0.4) is 0 Å². The van der Waals surface area contributed by atoms with E-state index in [1.54, 1.807) is 12.0 Å².